The summed E-state index contributed by atoms with van der Waals surface area (Å²) >= 11 is 0. The maximum absolute atomic E-state index is 5.92. The Balaban J connectivity index is 2.04. The van der Waals surface area contributed by atoms with Crippen molar-refractivity contribution in [1.82, 2.24) is 4.98 Å². The van der Waals surface area contributed by atoms with Gasteiger partial charge in [0.1, 0.15) is 5.82 Å². The predicted octanol–water partition coefficient (Wildman–Crippen LogP) is 3.11. The molecule has 0 saturated heterocycles. The summed E-state index contributed by atoms with van der Waals surface area (Å²) < 4.78 is 0. The monoisotopic (exact) mass is 219 g/mol. The first-order valence-electron chi connectivity index (χ1n) is 6.25. The van der Waals surface area contributed by atoms with Crippen LogP contribution in [0.1, 0.15) is 44.2 Å². The summed E-state index contributed by atoms with van der Waals surface area (Å²) in [6.45, 7) is 2.00. The van der Waals surface area contributed by atoms with Crippen molar-refractivity contribution in [3.63, 3.8) is 0 Å². The van der Waals surface area contributed by atoms with Crippen LogP contribution in [0.2, 0.25) is 0 Å². The molecule has 3 nitrogen and oxygen atoms in total. The van der Waals surface area contributed by atoms with Crippen molar-refractivity contribution in [3.8, 4) is 0 Å². The zero-order valence-electron chi connectivity index (χ0n) is 10.00. The topological polar surface area (TPSA) is 50.9 Å². The summed E-state index contributed by atoms with van der Waals surface area (Å²) in [7, 11) is 0. The molecule has 0 spiro atoms. The van der Waals surface area contributed by atoms with Gasteiger partial charge in [-0.15, -0.1) is 0 Å². The normalized spacial score (nSPS) is 18.1. The molecule has 2 rings (SSSR count). The highest BCUT2D eigenvalue weighted by molar-refractivity contribution is 5.61. The Morgan fingerprint density at radius 1 is 1.19 bits per heavy atom. The molecule has 0 aliphatic heterocycles. The number of aryl methyl sites for hydroxylation is 1. The Morgan fingerprint density at radius 3 is 2.56 bits per heavy atom. The van der Waals surface area contributed by atoms with Gasteiger partial charge >= 0.3 is 0 Å². The smallest absolute Gasteiger partial charge is 0.149 e. The minimum Gasteiger partial charge on any atom is -0.396 e. The van der Waals surface area contributed by atoms with Crippen molar-refractivity contribution < 1.29 is 0 Å². The van der Waals surface area contributed by atoms with Crippen molar-refractivity contribution >= 4 is 11.5 Å². The molecule has 1 aliphatic carbocycles. The largest absolute Gasteiger partial charge is 0.396 e. The molecule has 1 saturated carbocycles. The van der Waals surface area contributed by atoms with E-state index in [1.807, 2.05) is 19.1 Å². The van der Waals surface area contributed by atoms with Gasteiger partial charge in [0.05, 0.1) is 5.69 Å². The van der Waals surface area contributed by atoms with Crippen molar-refractivity contribution in [2.45, 2.75) is 51.5 Å². The van der Waals surface area contributed by atoms with Crippen LogP contribution in [0.4, 0.5) is 11.5 Å². The molecule has 1 fully saturated rings. The molecular weight excluding hydrogens is 198 g/mol. The van der Waals surface area contributed by atoms with Crippen molar-refractivity contribution in [1.29, 1.82) is 0 Å². The molecule has 0 unspecified atom stereocenters. The second-order valence-corrected chi connectivity index (χ2v) is 4.72. The van der Waals surface area contributed by atoms with E-state index in [0.29, 0.717) is 6.04 Å². The highest BCUT2D eigenvalue weighted by Gasteiger charge is 2.13. The average molecular weight is 219 g/mol. The van der Waals surface area contributed by atoms with E-state index in [0.717, 1.165) is 17.2 Å². The molecule has 0 atom stereocenters. The Morgan fingerprint density at radius 2 is 1.88 bits per heavy atom. The molecule has 16 heavy (non-hydrogen) atoms. The van der Waals surface area contributed by atoms with Crippen LogP contribution in [0.25, 0.3) is 0 Å². The number of pyridine rings is 1. The first kappa shape index (κ1) is 11.2. The van der Waals surface area contributed by atoms with Gasteiger partial charge in [-0.25, -0.2) is 4.98 Å². The lowest BCUT2D eigenvalue weighted by Crippen LogP contribution is -2.20. The number of rotatable bonds is 2. The third-order valence-corrected chi connectivity index (χ3v) is 3.26. The molecule has 1 heterocycles. The number of nitrogens with two attached hydrogens (primary N) is 1. The van der Waals surface area contributed by atoms with Crippen LogP contribution >= 0.6 is 0 Å². The molecule has 1 aromatic rings. The van der Waals surface area contributed by atoms with Gasteiger partial charge in [0.25, 0.3) is 0 Å². The van der Waals surface area contributed by atoms with Crippen LogP contribution in [-0.2, 0) is 0 Å². The Hall–Kier alpha value is -1.25. The molecule has 0 aromatic carbocycles. The van der Waals surface area contributed by atoms with Gasteiger partial charge < -0.3 is 11.1 Å². The Bertz CT molecular complexity index is 341. The molecule has 0 amide bonds. The maximum atomic E-state index is 5.92. The van der Waals surface area contributed by atoms with Crippen molar-refractivity contribution in [3.05, 3.63) is 17.8 Å². The number of hydrogen-bond acceptors (Lipinski definition) is 3. The Kier molecular flexibility index (Phi) is 3.65. The van der Waals surface area contributed by atoms with Gasteiger partial charge in [-0.05, 0) is 31.9 Å². The van der Waals surface area contributed by atoms with E-state index in [-0.39, 0.29) is 0 Å². The van der Waals surface area contributed by atoms with Gasteiger partial charge in [0, 0.05) is 11.7 Å². The molecule has 0 radical (unpaired) electrons. The summed E-state index contributed by atoms with van der Waals surface area (Å²) in [4.78, 5) is 4.46. The molecule has 0 bridgehead atoms. The van der Waals surface area contributed by atoms with Crippen LogP contribution in [-0.4, -0.2) is 11.0 Å². The summed E-state index contributed by atoms with van der Waals surface area (Å²) in [5.74, 6) is 0.868. The highest BCUT2D eigenvalue weighted by atomic mass is 15.0. The van der Waals surface area contributed by atoms with Crippen molar-refractivity contribution in [2.24, 2.45) is 0 Å². The number of nitrogens with one attached hydrogen (secondary N) is 1. The van der Waals surface area contributed by atoms with E-state index in [1.165, 1.54) is 38.5 Å². The third-order valence-electron chi connectivity index (χ3n) is 3.26. The molecule has 1 aromatic heterocycles. The van der Waals surface area contributed by atoms with Crippen LogP contribution in [0.5, 0.6) is 0 Å². The molecule has 3 heteroatoms. The summed E-state index contributed by atoms with van der Waals surface area (Å²) in [6.07, 6.45) is 7.88. The standard InChI is InChI=1S/C13H21N3/c1-10-8-9-12(14)13(15-10)16-11-6-4-2-3-5-7-11/h8-9,11H,2-7,14H2,1H3,(H,15,16). The predicted molar refractivity (Wildman–Crippen MR) is 68.5 cm³/mol. The lowest BCUT2D eigenvalue weighted by molar-refractivity contribution is 0.618. The minimum atomic E-state index is 0.555. The molecule has 1 aliphatic rings. The van der Waals surface area contributed by atoms with Crippen LogP contribution in [0.15, 0.2) is 12.1 Å². The summed E-state index contributed by atoms with van der Waals surface area (Å²) in [5, 5.41) is 3.49. The van der Waals surface area contributed by atoms with E-state index in [4.69, 9.17) is 5.73 Å². The van der Waals surface area contributed by atoms with E-state index >= 15 is 0 Å². The van der Waals surface area contributed by atoms with Gasteiger partial charge in [0.15, 0.2) is 0 Å². The van der Waals surface area contributed by atoms with E-state index in [2.05, 4.69) is 10.3 Å². The molecular formula is C13H21N3. The fourth-order valence-electron chi connectivity index (χ4n) is 2.30. The third kappa shape index (κ3) is 2.87. The van der Waals surface area contributed by atoms with Gasteiger partial charge in [-0.2, -0.15) is 0 Å². The molecule has 3 N–H and O–H groups in total. The van der Waals surface area contributed by atoms with Crippen molar-refractivity contribution in [2.75, 3.05) is 11.1 Å². The second-order valence-electron chi connectivity index (χ2n) is 4.72. The lowest BCUT2D eigenvalue weighted by atomic mass is 10.1. The highest BCUT2D eigenvalue weighted by Crippen LogP contribution is 2.23. The minimum absolute atomic E-state index is 0.555. The van der Waals surface area contributed by atoms with E-state index in [1.54, 1.807) is 0 Å². The summed E-state index contributed by atoms with van der Waals surface area (Å²) in [5.41, 5.74) is 7.70. The number of nitrogen functional groups attached to an aromatic ring is 1. The maximum Gasteiger partial charge on any atom is 0.149 e. The van der Waals surface area contributed by atoms with Crippen LogP contribution < -0.4 is 11.1 Å². The second kappa shape index (κ2) is 5.19. The quantitative estimate of drug-likeness (QED) is 0.751. The van der Waals surface area contributed by atoms with Gasteiger partial charge in [-0.3, -0.25) is 0 Å². The Labute approximate surface area is 97.5 Å². The van der Waals surface area contributed by atoms with Gasteiger partial charge in [0.2, 0.25) is 0 Å². The fraction of sp³-hybridized carbons (Fsp3) is 0.615. The van der Waals surface area contributed by atoms with Gasteiger partial charge in [-0.1, -0.05) is 25.7 Å². The fourth-order valence-corrected chi connectivity index (χ4v) is 2.30. The zero-order valence-corrected chi connectivity index (χ0v) is 10.00. The number of nitrogens with zero attached hydrogens (tertiary/aromatic N) is 1. The zero-order chi connectivity index (χ0) is 11.4. The van der Waals surface area contributed by atoms with E-state index in [9.17, 15) is 0 Å². The first-order valence-corrected chi connectivity index (χ1v) is 6.25. The SMILES string of the molecule is Cc1ccc(N)c(NC2CCCCCC2)n1. The number of hydrogen-bond donors (Lipinski definition) is 2. The lowest BCUT2D eigenvalue weighted by Gasteiger charge is -2.18. The van der Waals surface area contributed by atoms with E-state index < -0.39 is 0 Å². The van der Waals surface area contributed by atoms with Crippen LogP contribution in [0.3, 0.4) is 0 Å². The molecule has 88 valence electrons. The van der Waals surface area contributed by atoms with Crippen LogP contribution in [0, 0.1) is 6.92 Å². The number of anilines is 2. The first-order chi connectivity index (χ1) is 7.75. The summed E-state index contributed by atoms with van der Waals surface area (Å²) in [6, 6.07) is 4.44. The number of aromatic nitrogens is 1. The average Bonchev–Trinajstić information content (AvgIpc) is 2.52.